The maximum atomic E-state index is 5.70. The molecule has 0 bridgehead atoms. The topological polar surface area (TPSA) is 73.9 Å². The summed E-state index contributed by atoms with van der Waals surface area (Å²) in [5, 5.41) is 2.12. The number of fused-ring (bicyclic) bond motifs is 1. The third-order valence-electron chi connectivity index (χ3n) is 2.89. The van der Waals surface area contributed by atoms with E-state index in [4.69, 9.17) is 10.5 Å². The number of hydrogen-bond acceptors (Lipinski definition) is 5. The smallest absolute Gasteiger partial charge is 0.223 e. The highest BCUT2D eigenvalue weighted by atomic mass is 16.5. The van der Waals surface area contributed by atoms with Crippen molar-refractivity contribution in [3.63, 3.8) is 0 Å². The first-order valence-electron chi connectivity index (χ1n) is 5.79. The Hall–Kier alpha value is -2.69. The van der Waals surface area contributed by atoms with Gasteiger partial charge < -0.3 is 10.5 Å². The average molecular weight is 252 g/mol. The van der Waals surface area contributed by atoms with Crippen molar-refractivity contribution in [2.45, 2.75) is 0 Å². The second-order valence-corrected chi connectivity index (χ2v) is 4.06. The molecule has 0 saturated carbocycles. The van der Waals surface area contributed by atoms with Crippen molar-refractivity contribution in [2.24, 2.45) is 0 Å². The average Bonchev–Trinajstić information content (AvgIpc) is 2.46. The highest BCUT2D eigenvalue weighted by Gasteiger charge is 2.08. The van der Waals surface area contributed by atoms with E-state index in [9.17, 15) is 0 Å². The number of methoxy groups -OCH3 is 1. The normalized spacial score (nSPS) is 10.6. The standard InChI is InChI=1S/C14H12N4O/c1-19-13-7-12(17-14(15)18-13)11-4-2-3-9-8-16-6-5-10(9)11/h2-8H,1H3,(H2,15,17,18). The maximum absolute atomic E-state index is 5.70. The predicted octanol–water partition coefficient (Wildman–Crippen LogP) is 2.28. The number of anilines is 1. The van der Waals surface area contributed by atoms with Gasteiger partial charge in [-0.25, -0.2) is 4.98 Å². The lowest BCUT2D eigenvalue weighted by atomic mass is 10.0. The number of nitrogen functional groups attached to an aromatic ring is 1. The molecule has 2 heterocycles. The van der Waals surface area contributed by atoms with E-state index in [2.05, 4.69) is 15.0 Å². The van der Waals surface area contributed by atoms with Gasteiger partial charge in [-0.05, 0) is 11.5 Å². The zero-order valence-electron chi connectivity index (χ0n) is 10.4. The molecule has 0 aliphatic rings. The molecule has 5 nitrogen and oxygen atoms in total. The quantitative estimate of drug-likeness (QED) is 0.757. The summed E-state index contributed by atoms with van der Waals surface area (Å²) in [6.45, 7) is 0. The minimum Gasteiger partial charge on any atom is -0.481 e. The van der Waals surface area contributed by atoms with Gasteiger partial charge in [-0.15, -0.1) is 0 Å². The first-order valence-corrected chi connectivity index (χ1v) is 5.79. The summed E-state index contributed by atoms with van der Waals surface area (Å²) >= 11 is 0. The molecule has 0 atom stereocenters. The predicted molar refractivity (Wildman–Crippen MR) is 73.7 cm³/mol. The Morgan fingerprint density at radius 2 is 2.05 bits per heavy atom. The van der Waals surface area contributed by atoms with Crippen LogP contribution in [-0.4, -0.2) is 22.1 Å². The van der Waals surface area contributed by atoms with Crippen LogP contribution < -0.4 is 10.5 Å². The van der Waals surface area contributed by atoms with Crippen LogP contribution in [0.2, 0.25) is 0 Å². The van der Waals surface area contributed by atoms with Crippen LogP contribution in [0.4, 0.5) is 5.95 Å². The SMILES string of the molecule is COc1cc(-c2cccc3cnccc23)nc(N)n1. The third-order valence-corrected chi connectivity index (χ3v) is 2.89. The molecule has 5 heteroatoms. The minimum absolute atomic E-state index is 0.195. The van der Waals surface area contributed by atoms with Gasteiger partial charge in [0.25, 0.3) is 0 Å². The van der Waals surface area contributed by atoms with E-state index in [-0.39, 0.29) is 5.95 Å². The number of aromatic nitrogens is 3. The van der Waals surface area contributed by atoms with Crippen LogP contribution in [0.3, 0.4) is 0 Å². The molecule has 0 saturated heterocycles. The zero-order valence-corrected chi connectivity index (χ0v) is 10.4. The molecule has 0 spiro atoms. The number of nitrogens with two attached hydrogens (primary N) is 1. The Bertz CT molecular complexity index is 737. The van der Waals surface area contributed by atoms with Crippen molar-refractivity contribution in [2.75, 3.05) is 12.8 Å². The van der Waals surface area contributed by atoms with Gasteiger partial charge in [0.05, 0.1) is 12.8 Å². The number of benzene rings is 1. The van der Waals surface area contributed by atoms with Gasteiger partial charge in [-0.3, -0.25) is 4.98 Å². The molecule has 19 heavy (non-hydrogen) atoms. The Kier molecular flexibility index (Phi) is 2.72. The molecule has 0 unspecified atom stereocenters. The number of ether oxygens (including phenoxy) is 1. The van der Waals surface area contributed by atoms with E-state index in [1.807, 2.05) is 30.5 Å². The molecule has 3 rings (SSSR count). The van der Waals surface area contributed by atoms with E-state index >= 15 is 0 Å². The molecule has 0 aliphatic heterocycles. The Morgan fingerprint density at radius 3 is 2.89 bits per heavy atom. The second kappa shape index (κ2) is 4.53. The van der Waals surface area contributed by atoms with Crippen LogP contribution in [0.15, 0.2) is 42.7 Å². The molecular weight excluding hydrogens is 240 g/mol. The first kappa shape index (κ1) is 11.4. The summed E-state index contributed by atoms with van der Waals surface area (Å²) in [7, 11) is 1.55. The van der Waals surface area contributed by atoms with Crippen LogP contribution in [0.1, 0.15) is 0 Å². The van der Waals surface area contributed by atoms with Crippen LogP contribution in [0, 0.1) is 0 Å². The molecule has 2 aromatic heterocycles. The second-order valence-electron chi connectivity index (χ2n) is 4.06. The van der Waals surface area contributed by atoms with Crippen LogP contribution in [-0.2, 0) is 0 Å². The fourth-order valence-electron chi connectivity index (χ4n) is 2.03. The first-order chi connectivity index (χ1) is 9.28. The number of nitrogens with zero attached hydrogens (tertiary/aromatic N) is 3. The molecule has 0 amide bonds. The molecular formula is C14H12N4O. The summed E-state index contributed by atoms with van der Waals surface area (Å²) in [5.74, 6) is 0.647. The molecule has 0 fully saturated rings. The summed E-state index contributed by atoms with van der Waals surface area (Å²) in [6.07, 6.45) is 3.58. The fourth-order valence-corrected chi connectivity index (χ4v) is 2.03. The van der Waals surface area contributed by atoms with Crippen molar-refractivity contribution >= 4 is 16.7 Å². The molecule has 94 valence electrons. The highest BCUT2D eigenvalue weighted by Crippen LogP contribution is 2.28. The van der Waals surface area contributed by atoms with Gasteiger partial charge in [0.2, 0.25) is 11.8 Å². The van der Waals surface area contributed by atoms with Gasteiger partial charge in [-0.1, -0.05) is 18.2 Å². The molecule has 0 aliphatic carbocycles. The van der Waals surface area contributed by atoms with E-state index in [0.29, 0.717) is 5.88 Å². The molecule has 0 radical (unpaired) electrons. The zero-order chi connectivity index (χ0) is 13.2. The van der Waals surface area contributed by atoms with Gasteiger partial charge in [0.1, 0.15) is 0 Å². The van der Waals surface area contributed by atoms with Gasteiger partial charge in [-0.2, -0.15) is 4.98 Å². The van der Waals surface area contributed by atoms with Crippen molar-refractivity contribution < 1.29 is 4.74 Å². The van der Waals surface area contributed by atoms with Crippen molar-refractivity contribution in [1.29, 1.82) is 0 Å². The van der Waals surface area contributed by atoms with Gasteiger partial charge in [0.15, 0.2) is 0 Å². The van der Waals surface area contributed by atoms with Crippen molar-refractivity contribution in [3.8, 4) is 17.1 Å². The van der Waals surface area contributed by atoms with Crippen LogP contribution in [0.25, 0.3) is 22.0 Å². The Labute approximate surface area is 110 Å². The molecule has 3 aromatic rings. The highest BCUT2D eigenvalue weighted by molar-refractivity contribution is 5.95. The number of pyridine rings is 1. The van der Waals surface area contributed by atoms with Gasteiger partial charge in [0, 0.05) is 29.4 Å². The van der Waals surface area contributed by atoms with E-state index < -0.39 is 0 Å². The van der Waals surface area contributed by atoms with Crippen LogP contribution >= 0.6 is 0 Å². The minimum atomic E-state index is 0.195. The van der Waals surface area contributed by atoms with E-state index in [1.54, 1.807) is 19.4 Å². The third kappa shape index (κ3) is 2.06. The summed E-state index contributed by atoms with van der Waals surface area (Å²) in [5.41, 5.74) is 7.42. The monoisotopic (exact) mass is 252 g/mol. The van der Waals surface area contributed by atoms with Crippen molar-refractivity contribution in [1.82, 2.24) is 15.0 Å². The number of rotatable bonds is 2. The van der Waals surface area contributed by atoms with Crippen molar-refractivity contribution in [3.05, 3.63) is 42.7 Å². The maximum Gasteiger partial charge on any atom is 0.223 e. The lowest BCUT2D eigenvalue weighted by Crippen LogP contribution is -1.99. The Morgan fingerprint density at radius 1 is 1.16 bits per heavy atom. The van der Waals surface area contributed by atoms with E-state index in [0.717, 1.165) is 22.0 Å². The lowest BCUT2D eigenvalue weighted by Gasteiger charge is -2.07. The van der Waals surface area contributed by atoms with Gasteiger partial charge >= 0.3 is 0 Å². The summed E-state index contributed by atoms with van der Waals surface area (Å²) in [6, 6.07) is 9.68. The van der Waals surface area contributed by atoms with E-state index in [1.165, 1.54) is 0 Å². The summed E-state index contributed by atoms with van der Waals surface area (Å²) in [4.78, 5) is 12.4. The number of hydrogen-bond donors (Lipinski definition) is 1. The lowest BCUT2D eigenvalue weighted by molar-refractivity contribution is 0.398. The fraction of sp³-hybridized carbons (Fsp3) is 0.0714. The Balaban J connectivity index is 2.27. The van der Waals surface area contributed by atoms with Crippen LogP contribution in [0.5, 0.6) is 5.88 Å². The molecule has 2 N–H and O–H groups in total. The summed E-state index contributed by atoms with van der Waals surface area (Å²) < 4.78 is 5.13. The molecule has 1 aromatic carbocycles. The largest absolute Gasteiger partial charge is 0.481 e.